The van der Waals surface area contributed by atoms with Crippen LogP contribution >= 0.6 is 0 Å². The third-order valence-electron chi connectivity index (χ3n) is 6.22. The topological polar surface area (TPSA) is 15.3 Å². The molecule has 0 aromatic carbocycles. The number of rotatable bonds is 1. The number of hydrogen-bond acceptors (Lipinski definition) is 2. The summed E-state index contributed by atoms with van der Waals surface area (Å²) in [5.74, 6) is 0. The molecule has 1 spiro atoms. The van der Waals surface area contributed by atoms with E-state index in [-0.39, 0.29) is 0 Å². The minimum Gasteiger partial charge on any atom is -0.308 e. The van der Waals surface area contributed by atoms with Crippen LogP contribution in [0.5, 0.6) is 0 Å². The molecule has 3 rings (SSSR count). The van der Waals surface area contributed by atoms with Gasteiger partial charge < -0.3 is 5.32 Å². The quantitative estimate of drug-likeness (QED) is 0.727. The van der Waals surface area contributed by atoms with Crippen LogP contribution < -0.4 is 5.32 Å². The van der Waals surface area contributed by atoms with Crippen molar-refractivity contribution in [2.45, 2.75) is 102 Å². The summed E-state index contributed by atoms with van der Waals surface area (Å²) >= 11 is 0. The van der Waals surface area contributed by atoms with E-state index in [4.69, 9.17) is 0 Å². The van der Waals surface area contributed by atoms with Crippen LogP contribution in [0.15, 0.2) is 0 Å². The predicted octanol–water partition coefficient (Wildman–Crippen LogP) is 4.10. The highest BCUT2D eigenvalue weighted by Crippen LogP contribution is 2.37. The van der Waals surface area contributed by atoms with Gasteiger partial charge in [-0.15, -0.1) is 0 Å². The molecular formula is C18H34N2. The average Bonchev–Trinajstić information content (AvgIpc) is 2.72. The second-order valence-electron chi connectivity index (χ2n) is 8.28. The van der Waals surface area contributed by atoms with Gasteiger partial charge in [-0.1, -0.05) is 44.9 Å². The van der Waals surface area contributed by atoms with Crippen LogP contribution in [-0.2, 0) is 0 Å². The molecule has 2 saturated carbocycles. The minimum atomic E-state index is 0.345. The van der Waals surface area contributed by atoms with E-state index in [9.17, 15) is 0 Å². The van der Waals surface area contributed by atoms with Crippen LogP contribution in [0.1, 0.15) is 84.5 Å². The van der Waals surface area contributed by atoms with E-state index in [0.29, 0.717) is 11.1 Å². The molecule has 2 aliphatic carbocycles. The maximum atomic E-state index is 3.97. The molecule has 1 saturated heterocycles. The lowest BCUT2D eigenvalue weighted by molar-refractivity contribution is -0.0238. The number of piperazine rings is 1. The first-order chi connectivity index (χ1) is 9.61. The molecule has 0 aromatic rings. The van der Waals surface area contributed by atoms with Crippen molar-refractivity contribution in [1.29, 1.82) is 0 Å². The first kappa shape index (κ1) is 14.8. The van der Waals surface area contributed by atoms with Gasteiger partial charge in [0.2, 0.25) is 0 Å². The number of nitrogens with zero attached hydrogens (tertiary/aromatic N) is 1. The highest BCUT2D eigenvalue weighted by atomic mass is 15.3. The van der Waals surface area contributed by atoms with Crippen molar-refractivity contribution in [3.63, 3.8) is 0 Å². The second kappa shape index (κ2) is 5.96. The fraction of sp³-hybridized carbons (Fsp3) is 1.00. The summed E-state index contributed by atoms with van der Waals surface area (Å²) < 4.78 is 0. The van der Waals surface area contributed by atoms with E-state index >= 15 is 0 Å². The molecular weight excluding hydrogens is 244 g/mol. The van der Waals surface area contributed by atoms with Crippen LogP contribution in [0.4, 0.5) is 0 Å². The standard InChI is InChI=1S/C18H34N2/c1-17(2)14-19-18(12-8-5-9-13-18)15-20(17)16-10-6-3-4-7-11-16/h16,19H,3-15H2,1-2H3. The third kappa shape index (κ3) is 3.06. The predicted molar refractivity (Wildman–Crippen MR) is 86.1 cm³/mol. The summed E-state index contributed by atoms with van der Waals surface area (Å²) in [4.78, 5) is 2.92. The summed E-state index contributed by atoms with van der Waals surface area (Å²) in [5.41, 5.74) is 0.803. The van der Waals surface area contributed by atoms with Gasteiger partial charge in [-0.05, 0) is 39.5 Å². The molecule has 1 N–H and O–H groups in total. The lowest BCUT2D eigenvalue weighted by Crippen LogP contribution is -2.70. The van der Waals surface area contributed by atoms with Gasteiger partial charge in [0.05, 0.1) is 0 Å². The molecule has 0 unspecified atom stereocenters. The summed E-state index contributed by atoms with van der Waals surface area (Å²) in [6, 6.07) is 0.855. The third-order valence-corrected chi connectivity index (χ3v) is 6.22. The molecule has 0 aromatic heterocycles. The number of hydrogen-bond donors (Lipinski definition) is 1. The summed E-state index contributed by atoms with van der Waals surface area (Å²) in [6.07, 6.45) is 15.9. The maximum Gasteiger partial charge on any atom is 0.0309 e. The zero-order valence-electron chi connectivity index (χ0n) is 13.7. The van der Waals surface area contributed by atoms with Crippen molar-refractivity contribution >= 4 is 0 Å². The Morgan fingerprint density at radius 2 is 1.45 bits per heavy atom. The lowest BCUT2D eigenvalue weighted by Gasteiger charge is -2.56. The first-order valence-corrected chi connectivity index (χ1v) is 9.13. The average molecular weight is 278 g/mol. The van der Waals surface area contributed by atoms with Crippen molar-refractivity contribution in [1.82, 2.24) is 10.2 Å². The van der Waals surface area contributed by atoms with Gasteiger partial charge in [0.15, 0.2) is 0 Å². The van der Waals surface area contributed by atoms with Crippen molar-refractivity contribution in [3.05, 3.63) is 0 Å². The Labute approximate surface area is 125 Å². The van der Waals surface area contributed by atoms with E-state index in [1.54, 1.807) is 0 Å². The normalized spacial score (nSPS) is 32.1. The summed E-state index contributed by atoms with van der Waals surface area (Å²) in [6.45, 7) is 7.41. The molecule has 1 heterocycles. The Kier molecular flexibility index (Phi) is 4.42. The Balaban J connectivity index is 1.74. The molecule has 1 aliphatic heterocycles. The monoisotopic (exact) mass is 278 g/mol. The van der Waals surface area contributed by atoms with E-state index in [1.807, 2.05) is 0 Å². The van der Waals surface area contributed by atoms with E-state index in [0.717, 1.165) is 6.04 Å². The van der Waals surface area contributed by atoms with Crippen molar-refractivity contribution in [3.8, 4) is 0 Å². The van der Waals surface area contributed by atoms with E-state index in [1.165, 1.54) is 83.7 Å². The van der Waals surface area contributed by atoms with E-state index in [2.05, 4.69) is 24.1 Å². The van der Waals surface area contributed by atoms with Crippen LogP contribution in [0.3, 0.4) is 0 Å². The highest BCUT2D eigenvalue weighted by Gasteiger charge is 2.45. The van der Waals surface area contributed by atoms with Crippen molar-refractivity contribution in [2.75, 3.05) is 13.1 Å². The Hall–Kier alpha value is -0.0800. The SMILES string of the molecule is CC1(C)CNC2(CCCCC2)CN1C1CCCCCC1. The molecule has 0 radical (unpaired) electrons. The van der Waals surface area contributed by atoms with Crippen molar-refractivity contribution in [2.24, 2.45) is 0 Å². The Morgan fingerprint density at radius 3 is 2.10 bits per heavy atom. The lowest BCUT2D eigenvalue weighted by atomic mass is 9.77. The maximum absolute atomic E-state index is 3.97. The van der Waals surface area contributed by atoms with Gasteiger partial charge in [0.25, 0.3) is 0 Å². The van der Waals surface area contributed by atoms with Crippen molar-refractivity contribution < 1.29 is 0 Å². The molecule has 2 nitrogen and oxygen atoms in total. The van der Waals surface area contributed by atoms with Gasteiger partial charge in [-0.3, -0.25) is 4.90 Å². The minimum absolute atomic E-state index is 0.345. The van der Waals surface area contributed by atoms with Crippen LogP contribution in [0, 0.1) is 0 Å². The zero-order chi connectivity index (χ0) is 14.1. The Bertz CT molecular complexity index is 309. The smallest absolute Gasteiger partial charge is 0.0309 e. The molecule has 0 amide bonds. The van der Waals surface area contributed by atoms with Gasteiger partial charge in [0, 0.05) is 30.2 Å². The molecule has 3 fully saturated rings. The van der Waals surface area contributed by atoms with Gasteiger partial charge in [-0.25, -0.2) is 0 Å². The zero-order valence-corrected chi connectivity index (χ0v) is 13.7. The second-order valence-corrected chi connectivity index (χ2v) is 8.28. The molecule has 116 valence electrons. The Morgan fingerprint density at radius 1 is 0.850 bits per heavy atom. The highest BCUT2D eigenvalue weighted by molar-refractivity contribution is 5.04. The van der Waals surface area contributed by atoms with Gasteiger partial charge in [0.1, 0.15) is 0 Å². The van der Waals surface area contributed by atoms with Crippen LogP contribution in [-0.4, -0.2) is 35.1 Å². The number of nitrogens with one attached hydrogen (secondary N) is 1. The van der Waals surface area contributed by atoms with E-state index < -0.39 is 0 Å². The van der Waals surface area contributed by atoms with Gasteiger partial charge >= 0.3 is 0 Å². The van der Waals surface area contributed by atoms with Gasteiger partial charge in [-0.2, -0.15) is 0 Å². The summed E-state index contributed by atoms with van der Waals surface area (Å²) in [7, 11) is 0. The molecule has 20 heavy (non-hydrogen) atoms. The largest absolute Gasteiger partial charge is 0.308 e. The fourth-order valence-corrected chi connectivity index (χ4v) is 4.86. The molecule has 0 bridgehead atoms. The molecule has 0 atom stereocenters. The molecule has 2 heteroatoms. The van der Waals surface area contributed by atoms with Crippen LogP contribution in [0.2, 0.25) is 0 Å². The summed E-state index contributed by atoms with van der Waals surface area (Å²) in [5, 5.41) is 3.97. The van der Waals surface area contributed by atoms with Crippen LogP contribution in [0.25, 0.3) is 0 Å². The fourth-order valence-electron chi connectivity index (χ4n) is 4.86. The molecule has 3 aliphatic rings. The first-order valence-electron chi connectivity index (χ1n) is 9.13.